The lowest BCUT2D eigenvalue weighted by molar-refractivity contribution is 0.0527. The molecule has 3 N–H and O–H groups in total. The molecule has 1 saturated heterocycles. The number of guanidine groups is 1. The number of hydrogen-bond donors (Lipinski definition) is 3. The van der Waals surface area contributed by atoms with Gasteiger partial charge in [-0.25, -0.2) is 4.79 Å². The highest BCUT2D eigenvalue weighted by atomic mass is 127. The third kappa shape index (κ3) is 9.84. The summed E-state index contributed by atoms with van der Waals surface area (Å²) in [5.74, 6) is 1.71. The number of carbonyl (C=O) groups excluding carboxylic acids is 1. The number of alkyl carbamates (subject to hydrolysis) is 1. The molecule has 0 saturated carbocycles. The molecule has 1 aliphatic rings. The molecule has 0 aromatic heterocycles. The first kappa shape index (κ1) is 27.1. The van der Waals surface area contributed by atoms with Gasteiger partial charge in [0.15, 0.2) is 5.96 Å². The lowest BCUT2D eigenvalue weighted by atomic mass is 10.2. The first-order valence-corrected chi connectivity index (χ1v) is 10.7. The fraction of sp³-hybridized carbons (Fsp3) is 0.636. The van der Waals surface area contributed by atoms with Gasteiger partial charge in [-0.2, -0.15) is 0 Å². The average molecular weight is 547 g/mol. The lowest BCUT2D eigenvalue weighted by Crippen LogP contribution is -2.44. The predicted octanol–water partition coefficient (Wildman–Crippen LogP) is 3.36. The summed E-state index contributed by atoms with van der Waals surface area (Å²) in [6.45, 7) is 11.4. The van der Waals surface area contributed by atoms with E-state index in [0.29, 0.717) is 19.1 Å². The summed E-state index contributed by atoms with van der Waals surface area (Å²) in [6.07, 6.45) is 1.38. The maximum Gasteiger partial charge on any atom is 0.407 e. The predicted molar refractivity (Wildman–Crippen MR) is 137 cm³/mol. The molecule has 0 spiro atoms. The van der Waals surface area contributed by atoms with Gasteiger partial charge < -0.3 is 30.3 Å². The van der Waals surface area contributed by atoms with Crippen molar-refractivity contribution in [1.82, 2.24) is 16.0 Å². The summed E-state index contributed by atoms with van der Waals surface area (Å²) in [6, 6.07) is 8.43. The molecule has 0 bridgehead atoms. The van der Waals surface area contributed by atoms with Gasteiger partial charge in [0.05, 0.1) is 12.8 Å². The number of ether oxygens (including phenoxy) is 2. The highest BCUT2D eigenvalue weighted by Gasteiger charge is 2.25. The summed E-state index contributed by atoms with van der Waals surface area (Å²) in [5.41, 5.74) is 0.642. The van der Waals surface area contributed by atoms with Crippen molar-refractivity contribution < 1.29 is 14.3 Å². The Morgan fingerprint density at radius 3 is 2.68 bits per heavy atom. The van der Waals surface area contributed by atoms with Crippen molar-refractivity contribution >= 4 is 41.7 Å². The zero-order chi connectivity index (χ0) is 22.0. The molecule has 0 aliphatic carbocycles. The Bertz CT molecular complexity index is 709. The summed E-state index contributed by atoms with van der Waals surface area (Å²) in [4.78, 5) is 18.7. The summed E-state index contributed by atoms with van der Waals surface area (Å²) >= 11 is 0. The van der Waals surface area contributed by atoms with Crippen molar-refractivity contribution in [2.45, 2.75) is 52.2 Å². The number of hydrogen-bond acceptors (Lipinski definition) is 5. The van der Waals surface area contributed by atoms with Crippen LogP contribution < -0.4 is 25.6 Å². The van der Waals surface area contributed by atoms with Gasteiger partial charge in [0.1, 0.15) is 11.4 Å². The van der Waals surface area contributed by atoms with Crippen LogP contribution in [0.5, 0.6) is 5.75 Å². The van der Waals surface area contributed by atoms with Gasteiger partial charge in [0.25, 0.3) is 0 Å². The quantitative estimate of drug-likeness (QED) is 0.200. The van der Waals surface area contributed by atoms with Crippen molar-refractivity contribution in [3.63, 3.8) is 0 Å². The highest BCUT2D eigenvalue weighted by molar-refractivity contribution is 14.0. The van der Waals surface area contributed by atoms with Gasteiger partial charge in [0.2, 0.25) is 0 Å². The molecule has 0 radical (unpaired) electrons. The van der Waals surface area contributed by atoms with Crippen LogP contribution in [0.3, 0.4) is 0 Å². The van der Waals surface area contributed by atoms with Crippen LogP contribution in [0.4, 0.5) is 10.5 Å². The number of benzene rings is 1. The van der Waals surface area contributed by atoms with E-state index in [2.05, 4.69) is 38.8 Å². The van der Waals surface area contributed by atoms with Crippen molar-refractivity contribution in [3.05, 3.63) is 24.3 Å². The molecule has 1 amide bonds. The number of carbonyl (C=O) groups is 1. The lowest BCUT2D eigenvalue weighted by Gasteiger charge is -2.22. The van der Waals surface area contributed by atoms with Crippen LogP contribution in [-0.4, -0.2) is 63.5 Å². The number of nitrogens with one attached hydrogen (secondary N) is 3. The SMILES string of the molecule is CCNC(=NCCCNC(=O)OC(C)(C)C)NC1CCN(c2ccccc2OC)C1.I. The minimum Gasteiger partial charge on any atom is -0.495 e. The number of para-hydroxylation sites is 2. The topological polar surface area (TPSA) is 87.2 Å². The maximum atomic E-state index is 11.7. The number of aliphatic imine (C=N–C) groups is 1. The second kappa shape index (κ2) is 13.5. The standard InChI is InChI=1S/C22H37N5O3.HI/c1-6-23-20(24-13-9-14-25-21(28)30-22(2,3)4)26-17-12-15-27(16-17)18-10-7-8-11-19(18)29-5;/h7-8,10-11,17H,6,9,12-16H2,1-5H3,(H,25,28)(H2,23,24,26);1H. The summed E-state index contributed by atoms with van der Waals surface area (Å²) in [5, 5.41) is 9.59. The van der Waals surface area contributed by atoms with Crippen molar-refractivity contribution in [3.8, 4) is 5.75 Å². The number of rotatable bonds is 8. The normalized spacial score (nSPS) is 16.4. The monoisotopic (exact) mass is 547 g/mol. The van der Waals surface area contributed by atoms with E-state index in [0.717, 1.165) is 49.9 Å². The van der Waals surface area contributed by atoms with Crippen LogP contribution in [0.25, 0.3) is 0 Å². The van der Waals surface area contributed by atoms with Crippen molar-refractivity contribution in [1.29, 1.82) is 0 Å². The molecule has 9 heteroatoms. The molecule has 2 rings (SSSR count). The summed E-state index contributed by atoms with van der Waals surface area (Å²) in [7, 11) is 1.71. The number of nitrogens with zero attached hydrogens (tertiary/aromatic N) is 2. The van der Waals surface area contributed by atoms with Crippen LogP contribution in [0, 0.1) is 0 Å². The zero-order valence-corrected chi connectivity index (χ0v) is 21.7. The Kier molecular flexibility index (Phi) is 11.8. The molecule has 1 fully saturated rings. The van der Waals surface area contributed by atoms with Gasteiger partial charge in [-0.15, -0.1) is 24.0 Å². The first-order valence-electron chi connectivity index (χ1n) is 10.7. The van der Waals surface area contributed by atoms with Gasteiger partial charge in [-0.05, 0) is 52.7 Å². The van der Waals surface area contributed by atoms with E-state index < -0.39 is 5.60 Å². The molecular formula is C22H38IN5O3. The summed E-state index contributed by atoms with van der Waals surface area (Å²) < 4.78 is 10.7. The average Bonchev–Trinajstić information content (AvgIpc) is 3.14. The van der Waals surface area contributed by atoms with Crippen LogP contribution in [0.2, 0.25) is 0 Å². The molecular weight excluding hydrogens is 509 g/mol. The molecule has 31 heavy (non-hydrogen) atoms. The van der Waals surface area contributed by atoms with Gasteiger partial charge in [0, 0.05) is 38.8 Å². The van der Waals surface area contributed by atoms with E-state index in [1.54, 1.807) is 7.11 Å². The Morgan fingerprint density at radius 1 is 1.26 bits per heavy atom. The Morgan fingerprint density at radius 2 is 2.00 bits per heavy atom. The van der Waals surface area contributed by atoms with E-state index in [1.807, 2.05) is 39.0 Å². The number of anilines is 1. The molecule has 1 aromatic carbocycles. The van der Waals surface area contributed by atoms with E-state index in [4.69, 9.17) is 9.47 Å². The molecule has 1 aliphatic heterocycles. The van der Waals surface area contributed by atoms with E-state index in [-0.39, 0.29) is 30.1 Å². The van der Waals surface area contributed by atoms with Gasteiger partial charge in [-0.3, -0.25) is 4.99 Å². The van der Waals surface area contributed by atoms with Gasteiger partial charge >= 0.3 is 6.09 Å². The van der Waals surface area contributed by atoms with Crippen LogP contribution in [-0.2, 0) is 4.74 Å². The molecule has 1 heterocycles. The second-order valence-corrected chi connectivity index (χ2v) is 8.29. The third-order valence-electron chi connectivity index (χ3n) is 4.57. The first-order chi connectivity index (χ1) is 14.3. The Hall–Kier alpha value is -1.91. The van der Waals surface area contributed by atoms with Crippen molar-refractivity contribution in [2.75, 3.05) is 44.7 Å². The van der Waals surface area contributed by atoms with Gasteiger partial charge in [-0.1, -0.05) is 12.1 Å². The Labute approximate surface area is 203 Å². The van der Waals surface area contributed by atoms with Crippen LogP contribution >= 0.6 is 24.0 Å². The second-order valence-electron chi connectivity index (χ2n) is 8.29. The zero-order valence-electron chi connectivity index (χ0n) is 19.4. The smallest absolute Gasteiger partial charge is 0.407 e. The maximum absolute atomic E-state index is 11.7. The molecule has 1 aromatic rings. The highest BCUT2D eigenvalue weighted by Crippen LogP contribution is 2.30. The van der Waals surface area contributed by atoms with Crippen LogP contribution in [0.1, 0.15) is 40.5 Å². The van der Waals surface area contributed by atoms with Crippen LogP contribution in [0.15, 0.2) is 29.3 Å². The third-order valence-corrected chi connectivity index (χ3v) is 4.57. The molecule has 8 nitrogen and oxygen atoms in total. The fourth-order valence-corrected chi connectivity index (χ4v) is 3.28. The largest absolute Gasteiger partial charge is 0.495 e. The van der Waals surface area contributed by atoms with E-state index in [1.165, 1.54) is 0 Å². The minimum absolute atomic E-state index is 0. The van der Waals surface area contributed by atoms with E-state index >= 15 is 0 Å². The molecule has 1 atom stereocenters. The number of amides is 1. The molecule has 176 valence electrons. The van der Waals surface area contributed by atoms with Crippen molar-refractivity contribution in [2.24, 2.45) is 4.99 Å². The fourth-order valence-electron chi connectivity index (χ4n) is 3.28. The Balaban J connectivity index is 0.00000480. The number of methoxy groups -OCH3 is 1. The van der Waals surface area contributed by atoms with E-state index in [9.17, 15) is 4.79 Å². The molecule has 1 unspecified atom stereocenters. The minimum atomic E-state index is -0.483. The number of halogens is 1.